The van der Waals surface area contributed by atoms with E-state index < -0.39 is 23.7 Å². The van der Waals surface area contributed by atoms with Crippen LogP contribution in [0, 0.1) is 0 Å². The zero-order valence-corrected chi connectivity index (χ0v) is 19.0. The minimum absolute atomic E-state index is 0.210. The summed E-state index contributed by atoms with van der Waals surface area (Å²) in [7, 11) is 1.62. The Labute approximate surface area is 188 Å². The van der Waals surface area contributed by atoms with Gasteiger partial charge in [0.15, 0.2) is 0 Å². The molecule has 8 heteroatoms. The number of benzene rings is 2. The number of aliphatic carboxylic acids is 1. The highest BCUT2D eigenvalue weighted by atomic mass is 16.6. The van der Waals surface area contributed by atoms with Crippen molar-refractivity contribution in [1.29, 1.82) is 0 Å². The second-order valence-corrected chi connectivity index (χ2v) is 8.25. The van der Waals surface area contributed by atoms with Crippen LogP contribution in [-0.2, 0) is 22.7 Å². The van der Waals surface area contributed by atoms with Crippen molar-refractivity contribution in [2.24, 2.45) is 0 Å². The molecule has 0 bridgehead atoms. The summed E-state index contributed by atoms with van der Waals surface area (Å²) in [5.41, 5.74) is 1.24. The molecule has 0 fully saturated rings. The molecule has 3 N–H and O–H groups in total. The van der Waals surface area contributed by atoms with Gasteiger partial charge >= 0.3 is 12.1 Å². The Morgan fingerprint density at radius 3 is 2.53 bits per heavy atom. The Kier molecular flexibility index (Phi) is 9.34. The van der Waals surface area contributed by atoms with E-state index in [1.54, 1.807) is 27.9 Å². The van der Waals surface area contributed by atoms with Gasteiger partial charge in [-0.25, -0.2) is 9.59 Å². The first kappa shape index (κ1) is 25.0. The quantitative estimate of drug-likeness (QED) is 0.454. The summed E-state index contributed by atoms with van der Waals surface area (Å²) in [5.74, 6) is 0.401. The van der Waals surface area contributed by atoms with Crippen LogP contribution in [0.1, 0.15) is 38.3 Å². The number of carbonyl (C=O) groups excluding carboxylic acids is 1. The molecular formula is C24H32N2O6. The number of hydrogen-bond donors (Lipinski definition) is 3. The number of hydrogen-bond acceptors (Lipinski definition) is 6. The summed E-state index contributed by atoms with van der Waals surface area (Å²) >= 11 is 0. The third-order valence-corrected chi connectivity index (χ3v) is 4.42. The summed E-state index contributed by atoms with van der Waals surface area (Å²) in [4.78, 5) is 23.3. The number of carboxylic acid groups (broad SMARTS) is 1. The Hall–Kier alpha value is -3.26. The normalized spacial score (nSPS) is 12.0. The van der Waals surface area contributed by atoms with E-state index in [1.807, 2.05) is 48.5 Å². The van der Waals surface area contributed by atoms with E-state index >= 15 is 0 Å². The van der Waals surface area contributed by atoms with Crippen LogP contribution in [0.15, 0.2) is 48.5 Å². The summed E-state index contributed by atoms with van der Waals surface area (Å²) < 4.78 is 16.3. The molecule has 0 saturated heterocycles. The lowest BCUT2D eigenvalue weighted by Crippen LogP contribution is -2.44. The van der Waals surface area contributed by atoms with Gasteiger partial charge in [-0.05, 0) is 57.5 Å². The van der Waals surface area contributed by atoms with Crippen molar-refractivity contribution in [2.45, 2.75) is 52.0 Å². The fourth-order valence-electron chi connectivity index (χ4n) is 2.89. The first-order chi connectivity index (χ1) is 15.2. The van der Waals surface area contributed by atoms with E-state index in [0.29, 0.717) is 19.7 Å². The standard InChI is InChI=1S/C24H32N2O6/c1-24(2,3)32-23(29)26-20(22(27)28)12-13-25-15-18-9-5-6-11-21(18)31-16-17-8-7-10-19(14-17)30-4/h5-11,14,20,25H,12-13,15-16H2,1-4H3,(H,26,29)(H,27,28). The fraction of sp³-hybridized carbons (Fsp3) is 0.417. The molecule has 2 aromatic carbocycles. The Bertz CT molecular complexity index is 894. The Balaban J connectivity index is 1.85. The Morgan fingerprint density at radius 2 is 1.84 bits per heavy atom. The predicted octanol–water partition coefficient (Wildman–Crippen LogP) is 3.73. The second-order valence-electron chi connectivity index (χ2n) is 8.25. The maximum absolute atomic E-state index is 11.9. The monoisotopic (exact) mass is 444 g/mol. The molecule has 0 aliphatic heterocycles. The highest BCUT2D eigenvalue weighted by molar-refractivity contribution is 5.80. The molecule has 1 unspecified atom stereocenters. The van der Waals surface area contributed by atoms with Gasteiger partial charge in [-0.2, -0.15) is 0 Å². The number of methoxy groups -OCH3 is 1. The lowest BCUT2D eigenvalue weighted by Gasteiger charge is -2.22. The van der Waals surface area contributed by atoms with E-state index in [1.165, 1.54) is 0 Å². The molecule has 0 aliphatic rings. The van der Waals surface area contributed by atoms with Crippen LogP contribution in [0.25, 0.3) is 0 Å². The number of alkyl carbamates (subject to hydrolysis) is 1. The van der Waals surface area contributed by atoms with Crippen LogP contribution in [0.4, 0.5) is 4.79 Å². The average molecular weight is 445 g/mol. The van der Waals surface area contributed by atoms with Gasteiger partial charge in [-0.3, -0.25) is 0 Å². The molecule has 174 valence electrons. The SMILES string of the molecule is COc1cccc(COc2ccccc2CNCCC(NC(=O)OC(C)(C)C)C(=O)O)c1. The predicted molar refractivity (Wildman–Crippen MR) is 121 cm³/mol. The van der Waals surface area contributed by atoms with Crippen molar-refractivity contribution in [1.82, 2.24) is 10.6 Å². The maximum Gasteiger partial charge on any atom is 0.408 e. The van der Waals surface area contributed by atoms with Crippen LogP contribution in [-0.4, -0.2) is 42.5 Å². The molecular weight excluding hydrogens is 412 g/mol. The molecule has 2 rings (SSSR count). The van der Waals surface area contributed by atoms with E-state index in [9.17, 15) is 14.7 Å². The van der Waals surface area contributed by atoms with Gasteiger partial charge in [-0.15, -0.1) is 0 Å². The number of rotatable bonds is 11. The smallest absolute Gasteiger partial charge is 0.408 e. The van der Waals surface area contributed by atoms with Crippen LogP contribution in [0.3, 0.4) is 0 Å². The highest BCUT2D eigenvalue weighted by Gasteiger charge is 2.23. The number of ether oxygens (including phenoxy) is 3. The van der Waals surface area contributed by atoms with Crippen molar-refractivity contribution in [3.05, 3.63) is 59.7 Å². The highest BCUT2D eigenvalue weighted by Crippen LogP contribution is 2.20. The molecule has 0 saturated carbocycles. The largest absolute Gasteiger partial charge is 0.497 e. The van der Waals surface area contributed by atoms with Gasteiger partial charge in [0.2, 0.25) is 0 Å². The molecule has 2 aromatic rings. The first-order valence-corrected chi connectivity index (χ1v) is 10.4. The van der Waals surface area contributed by atoms with Gasteiger partial charge in [0, 0.05) is 12.1 Å². The van der Waals surface area contributed by atoms with Gasteiger partial charge < -0.3 is 30.0 Å². The van der Waals surface area contributed by atoms with Crippen LogP contribution in [0.2, 0.25) is 0 Å². The summed E-state index contributed by atoms with van der Waals surface area (Å²) in [6.45, 7) is 6.44. The van der Waals surface area contributed by atoms with Gasteiger partial charge in [0.1, 0.15) is 29.7 Å². The van der Waals surface area contributed by atoms with Crippen molar-refractivity contribution < 1.29 is 28.9 Å². The zero-order valence-electron chi connectivity index (χ0n) is 19.0. The van der Waals surface area contributed by atoms with Crippen LogP contribution < -0.4 is 20.1 Å². The zero-order chi connectivity index (χ0) is 23.6. The van der Waals surface area contributed by atoms with Crippen molar-refractivity contribution in [2.75, 3.05) is 13.7 Å². The van der Waals surface area contributed by atoms with Crippen molar-refractivity contribution in [3.8, 4) is 11.5 Å². The number of para-hydroxylation sites is 1. The van der Waals surface area contributed by atoms with E-state index in [2.05, 4.69) is 10.6 Å². The molecule has 0 aromatic heterocycles. The lowest BCUT2D eigenvalue weighted by molar-refractivity contribution is -0.139. The molecule has 32 heavy (non-hydrogen) atoms. The van der Waals surface area contributed by atoms with E-state index in [-0.39, 0.29) is 6.42 Å². The third kappa shape index (κ3) is 8.85. The topological polar surface area (TPSA) is 106 Å². The summed E-state index contributed by atoms with van der Waals surface area (Å²) in [6, 6.07) is 14.3. The number of nitrogens with one attached hydrogen (secondary N) is 2. The van der Waals surface area contributed by atoms with Crippen molar-refractivity contribution in [3.63, 3.8) is 0 Å². The summed E-state index contributed by atoms with van der Waals surface area (Å²) in [5, 5.41) is 15.0. The molecule has 8 nitrogen and oxygen atoms in total. The minimum atomic E-state index is -1.11. The number of carbonyl (C=O) groups is 2. The number of amides is 1. The average Bonchev–Trinajstić information content (AvgIpc) is 2.73. The van der Waals surface area contributed by atoms with Crippen LogP contribution >= 0.6 is 0 Å². The molecule has 0 heterocycles. The Morgan fingerprint density at radius 1 is 1.09 bits per heavy atom. The maximum atomic E-state index is 11.9. The van der Waals surface area contributed by atoms with Gasteiger partial charge in [0.05, 0.1) is 7.11 Å². The molecule has 1 atom stereocenters. The second kappa shape index (κ2) is 12.0. The first-order valence-electron chi connectivity index (χ1n) is 10.4. The molecule has 0 aliphatic carbocycles. The van der Waals surface area contributed by atoms with E-state index in [0.717, 1.165) is 22.6 Å². The fourth-order valence-corrected chi connectivity index (χ4v) is 2.89. The molecule has 0 spiro atoms. The van der Waals surface area contributed by atoms with Crippen molar-refractivity contribution >= 4 is 12.1 Å². The molecule has 1 amide bonds. The van der Waals surface area contributed by atoms with Crippen LogP contribution in [0.5, 0.6) is 11.5 Å². The minimum Gasteiger partial charge on any atom is -0.497 e. The molecule has 0 radical (unpaired) electrons. The number of carboxylic acids is 1. The lowest BCUT2D eigenvalue weighted by atomic mass is 10.1. The third-order valence-electron chi connectivity index (χ3n) is 4.42. The van der Waals surface area contributed by atoms with E-state index in [4.69, 9.17) is 14.2 Å². The van der Waals surface area contributed by atoms with Gasteiger partial charge in [-0.1, -0.05) is 30.3 Å². The van der Waals surface area contributed by atoms with Gasteiger partial charge in [0.25, 0.3) is 0 Å². The summed E-state index contributed by atoms with van der Waals surface area (Å²) in [6.07, 6.45) is -0.539.